The number of carbonyl (C=O) groups excluding carboxylic acids is 1. The molecule has 5 heteroatoms. The van der Waals surface area contributed by atoms with Gasteiger partial charge in [0, 0.05) is 38.4 Å². The number of nitrogens with two attached hydrogens (primary N) is 1. The van der Waals surface area contributed by atoms with Crippen LogP contribution in [0.1, 0.15) is 36.7 Å². The molecule has 0 radical (unpaired) electrons. The average molecular weight is 276 g/mol. The molecule has 3 heterocycles. The van der Waals surface area contributed by atoms with Gasteiger partial charge in [0.2, 0.25) is 0 Å². The summed E-state index contributed by atoms with van der Waals surface area (Å²) < 4.78 is 1.95. The molecule has 0 saturated carbocycles. The maximum absolute atomic E-state index is 12.8. The van der Waals surface area contributed by atoms with E-state index in [1.54, 1.807) is 0 Å². The molecule has 1 aromatic heterocycles. The number of carbonyl (C=O) groups is 1. The third-order valence-electron chi connectivity index (χ3n) is 4.57. The number of hydrogen-bond acceptors (Lipinski definition) is 3. The Bertz CT molecular complexity index is 496. The topological polar surface area (TPSA) is 54.5 Å². The van der Waals surface area contributed by atoms with Crippen LogP contribution in [-0.2, 0) is 6.54 Å². The van der Waals surface area contributed by atoms with Gasteiger partial charge < -0.3 is 15.2 Å². The fourth-order valence-corrected chi connectivity index (χ4v) is 3.53. The molecular weight excluding hydrogens is 252 g/mol. The maximum Gasteiger partial charge on any atom is 0.270 e. The van der Waals surface area contributed by atoms with Gasteiger partial charge in [-0.15, -0.1) is 0 Å². The van der Waals surface area contributed by atoms with Crippen molar-refractivity contribution in [3.63, 3.8) is 0 Å². The minimum absolute atomic E-state index is 0.136. The fraction of sp³-hybridized carbons (Fsp3) is 0.667. The number of fused-ring (bicyclic) bond motifs is 1. The number of anilines is 1. The van der Waals surface area contributed by atoms with E-state index < -0.39 is 0 Å². The first-order valence-corrected chi connectivity index (χ1v) is 7.68. The summed E-state index contributed by atoms with van der Waals surface area (Å²) in [5, 5.41) is 0. The van der Waals surface area contributed by atoms with Crippen molar-refractivity contribution in [2.45, 2.75) is 38.8 Å². The summed E-state index contributed by atoms with van der Waals surface area (Å²) in [5.74, 6) is 0.136. The van der Waals surface area contributed by atoms with Crippen LogP contribution in [0.25, 0.3) is 0 Å². The Labute approximate surface area is 120 Å². The van der Waals surface area contributed by atoms with Crippen LogP contribution < -0.4 is 5.73 Å². The summed E-state index contributed by atoms with van der Waals surface area (Å²) >= 11 is 0. The molecule has 0 aromatic carbocycles. The van der Waals surface area contributed by atoms with Crippen molar-refractivity contribution >= 4 is 11.6 Å². The zero-order valence-corrected chi connectivity index (χ0v) is 12.2. The Hall–Kier alpha value is -1.49. The normalized spacial score (nSPS) is 23.6. The molecule has 2 N–H and O–H groups in total. The molecule has 0 bridgehead atoms. The second-order valence-electron chi connectivity index (χ2n) is 5.88. The fourth-order valence-electron chi connectivity index (χ4n) is 3.53. The lowest BCUT2D eigenvalue weighted by Gasteiger charge is -2.26. The average Bonchev–Trinajstić information content (AvgIpc) is 2.98. The van der Waals surface area contributed by atoms with E-state index in [1.807, 2.05) is 28.7 Å². The van der Waals surface area contributed by atoms with Gasteiger partial charge in [-0.05, 0) is 38.8 Å². The molecule has 20 heavy (non-hydrogen) atoms. The van der Waals surface area contributed by atoms with Gasteiger partial charge >= 0.3 is 0 Å². The van der Waals surface area contributed by atoms with Gasteiger partial charge in [-0.1, -0.05) is 0 Å². The van der Waals surface area contributed by atoms with Crippen LogP contribution in [0.5, 0.6) is 0 Å². The highest BCUT2D eigenvalue weighted by Crippen LogP contribution is 2.23. The van der Waals surface area contributed by atoms with Gasteiger partial charge in [-0.2, -0.15) is 0 Å². The molecule has 2 fully saturated rings. The van der Waals surface area contributed by atoms with Crippen LogP contribution in [0.2, 0.25) is 0 Å². The number of aromatic nitrogens is 1. The smallest absolute Gasteiger partial charge is 0.270 e. The first kappa shape index (κ1) is 13.5. The minimum Gasteiger partial charge on any atom is -0.397 e. The van der Waals surface area contributed by atoms with Gasteiger partial charge in [0.05, 0.1) is 5.69 Å². The molecule has 0 spiro atoms. The predicted octanol–water partition coefficient (Wildman–Crippen LogP) is 1.40. The largest absolute Gasteiger partial charge is 0.397 e. The SMILES string of the molecule is CCn1cc(N)cc1C(=O)N1CCCN2CCCC2C1. The summed E-state index contributed by atoms with van der Waals surface area (Å²) in [7, 11) is 0. The van der Waals surface area contributed by atoms with Gasteiger partial charge in [-0.25, -0.2) is 0 Å². The second kappa shape index (κ2) is 5.48. The Morgan fingerprint density at radius 2 is 2.15 bits per heavy atom. The van der Waals surface area contributed by atoms with Crippen molar-refractivity contribution in [2.24, 2.45) is 0 Å². The number of hydrogen-bond donors (Lipinski definition) is 1. The number of nitrogen functional groups attached to an aromatic ring is 1. The number of aryl methyl sites for hydroxylation is 1. The molecular formula is C15H24N4O. The van der Waals surface area contributed by atoms with E-state index in [2.05, 4.69) is 4.90 Å². The third kappa shape index (κ3) is 2.42. The molecule has 2 saturated heterocycles. The highest BCUT2D eigenvalue weighted by atomic mass is 16.2. The van der Waals surface area contributed by atoms with Crippen LogP contribution in [0.4, 0.5) is 5.69 Å². The summed E-state index contributed by atoms with van der Waals surface area (Å²) in [4.78, 5) is 17.3. The highest BCUT2D eigenvalue weighted by molar-refractivity contribution is 5.94. The van der Waals surface area contributed by atoms with Crippen LogP contribution in [0.3, 0.4) is 0 Å². The van der Waals surface area contributed by atoms with Crippen molar-refractivity contribution in [1.29, 1.82) is 0 Å². The Morgan fingerprint density at radius 3 is 2.95 bits per heavy atom. The van der Waals surface area contributed by atoms with Crippen molar-refractivity contribution < 1.29 is 4.79 Å². The lowest BCUT2D eigenvalue weighted by molar-refractivity contribution is 0.0732. The quantitative estimate of drug-likeness (QED) is 0.888. The molecule has 3 rings (SSSR count). The zero-order valence-electron chi connectivity index (χ0n) is 12.2. The molecule has 1 unspecified atom stereocenters. The lowest BCUT2D eigenvalue weighted by atomic mass is 10.2. The summed E-state index contributed by atoms with van der Waals surface area (Å²) in [6.07, 6.45) is 5.42. The Morgan fingerprint density at radius 1 is 1.35 bits per heavy atom. The number of amides is 1. The van der Waals surface area contributed by atoms with Gasteiger partial charge in [0.1, 0.15) is 5.69 Å². The van der Waals surface area contributed by atoms with E-state index >= 15 is 0 Å². The zero-order chi connectivity index (χ0) is 14.1. The van der Waals surface area contributed by atoms with Crippen molar-refractivity contribution in [3.05, 3.63) is 18.0 Å². The summed E-state index contributed by atoms with van der Waals surface area (Å²) in [5.41, 5.74) is 7.25. The van der Waals surface area contributed by atoms with Crippen LogP contribution in [-0.4, -0.2) is 52.5 Å². The first-order valence-electron chi connectivity index (χ1n) is 7.68. The van der Waals surface area contributed by atoms with Crippen molar-refractivity contribution in [2.75, 3.05) is 31.9 Å². The van der Waals surface area contributed by atoms with E-state index in [9.17, 15) is 4.79 Å². The van der Waals surface area contributed by atoms with Crippen molar-refractivity contribution in [1.82, 2.24) is 14.4 Å². The van der Waals surface area contributed by atoms with Crippen LogP contribution in [0.15, 0.2) is 12.3 Å². The van der Waals surface area contributed by atoms with E-state index in [0.29, 0.717) is 11.7 Å². The minimum atomic E-state index is 0.136. The van der Waals surface area contributed by atoms with Crippen LogP contribution in [0, 0.1) is 0 Å². The maximum atomic E-state index is 12.8. The van der Waals surface area contributed by atoms with Gasteiger partial charge in [-0.3, -0.25) is 9.69 Å². The summed E-state index contributed by atoms with van der Waals surface area (Å²) in [6, 6.07) is 2.37. The summed E-state index contributed by atoms with van der Waals surface area (Å²) in [6.45, 7) is 6.88. The molecule has 2 aliphatic heterocycles. The molecule has 1 amide bonds. The second-order valence-corrected chi connectivity index (χ2v) is 5.88. The number of nitrogens with zero attached hydrogens (tertiary/aromatic N) is 3. The van der Waals surface area contributed by atoms with Gasteiger partial charge in [0.25, 0.3) is 5.91 Å². The Balaban J connectivity index is 1.78. The highest BCUT2D eigenvalue weighted by Gasteiger charge is 2.31. The Kier molecular flexibility index (Phi) is 3.70. The van der Waals surface area contributed by atoms with Gasteiger partial charge in [0.15, 0.2) is 0 Å². The van der Waals surface area contributed by atoms with Crippen LogP contribution >= 0.6 is 0 Å². The molecule has 5 nitrogen and oxygen atoms in total. The predicted molar refractivity (Wildman–Crippen MR) is 79.6 cm³/mol. The third-order valence-corrected chi connectivity index (χ3v) is 4.57. The standard InChI is InChI=1S/C15H24N4O/c1-2-17-10-12(16)9-14(17)15(20)19-8-4-7-18-6-3-5-13(18)11-19/h9-10,13H,2-8,11,16H2,1H3. The van der Waals surface area contributed by atoms with E-state index in [1.165, 1.54) is 19.4 Å². The molecule has 1 aromatic rings. The first-order chi connectivity index (χ1) is 9.69. The van der Waals surface area contributed by atoms with Crippen molar-refractivity contribution in [3.8, 4) is 0 Å². The molecule has 110 valence electrons. The lowest BCUT2D eigenvalue weighted by Crippen LogP contribution is -2.40. The van der Waals surface area contributed by atoms with E-state index in [-0.39, 0.29) is 5.91 Å². The monoisotopic (exact) mass is 276 g/mol. The molecule has 1 atom stereocenters. The molecule has 0 aliphatic carbocycles. The number of rotatable bonds is 2. The van der Waals surface area contributed by atoms with E-state index in [0.717, 1.165) is 38.3 Å². The van der Waals surface area contributed by atoms with E-state index in [4.69, 9.17) is 5.73 Å². The molecule has 2 aliphatic rings.